The molecule has 1 N–H and O–H groups in total. The molecule has 0 unspecified atom stereocenters. The lowest BCUT2D eigenvalue weighted by Crippen LogP contribution is -2.61. The number of rotatable bonds is 2. The molecule has 2 aliphatic rings. The SMILES string of the molecule is CCOC(=O)[C@@H]1C[C@H]2C(=O)CCN[C@H]21. The van der Waals surface area contributed by atoms with E-state index >= 15 is 0 Å². The Morgan fingerprint density at radius 2 is 2.43 bits per heavy atom. The summed E-state index contributed by atoms with van der Waals surface area (Å²) in [5.74, 6) is 0.118. The maximum Gasteiger partial charge on any atom is 0.310 e. The van der Waals surface area contributed by atoms with Crippen LogP contribution in [-0.2, 0) is 14.3 Å². The third kappa shape index (κ3) is 1.43. The summed E-state index contributed by atoms with van der Waals surface area (Å²) in [6.45, 7) is 2.92. The Morgan fingerprint density at radius 3 is 3.14 bits per heavy atom. The van der Waals surface area contributed by atoms with Crippen LogP contribution < -0.4 is 5.32 Å². The highest BCUT2D eigenvalue weighted by Gasteiger charge is 2.50. The Bertz CT molecular complexity index is 264. The molecule has 1 heterocycles. The molecule has 0 bridgehead atoms. The number of carbonyl (C=O) groups excluding carboxylic acids is 2. The van der Waals surface area contributed by atoms with Crippen molar-refractivity contribution in [3.8, 4) is 0 Å². The molecule has 0 aromatic carbocycles. The van der Waals surface area contributed by atoms with E-state index in [9.17, 15) is 9.59 Å². The van der Waals surface area contributed by atoms with Crippen molar-refractivity contribution in [1.82, 2.24) is 5.32 Å². The molecule has 4 nitrogen and oxygen atoms in total. The second kappa shape index (κ2) is 3.69. The lowest BCUT2D eigenvalue weighted by Gasteiger charge is -2.45. The van der Waals surface area contributed by atoms with Crippen LogP contribution in [0.4, 0.5) is 0 Å². The van der Waals surface area contributed by atoms with E-state index in [-0.39, 0.29) is 23.8 Å². The maximum atomic E-state index is 11.4. The molecule has 2 rings (SSSR count). The van der Waals surface area contributed by atoms with Crippen molar-refractivity contribution in [2.75, 3.05) is 13.2 Å². The lowest BCUT2D eigenvalue weighted by molar-refractivity contribution is -0.157. The molecule has 0 radical (unpaired) electrons. The summed E-state index contributed by atoms with van der Waals surface area (Å²) in [5, 5.41) is 3.22. The predicted octanol–water partition coefficient (Wildman–Crippen LogP) is 0.117. The molecule has 1 saturated carbocycles. The van der Waals surface area contributed by atoms with Gasteiger partial charge in [-0.15, -0.1) is 0 Å². The zero-order valence-corrected chi connectivity index (χ0v) is 8.29. The first-order valence-electron chi connectivity index (χ1n) is 5.16. The number of fused-ring (bicyclic) bond motifs is 1. The summed E-state index contributed by atoms with van der Waals surface area (Å²) in [6, 6.07) is 0.0512. The third-order valence-electron chi connectivity index (χ3n) is 3.13. The molecule has 1 saturated heterocycles. The van der Waals surface area contributed by atoms with Crippen LogP contribution in [0.5, 0.6) is 0 Å². The summed E-state index contributed by atoms with van der Waals surface area (Å²) < 4.78 is 4.94. The van der Waals surface area contributed by atoms with Crippen LogP contribution in [0.2, 0.25) is 0 Å². The second-order valence-electron chi connectivity index (χ2n) is 3.90. The van der Waals surface area contributed by atoms with Gasteiger partial charge in [-0.3, -0.25) is 9.59 Å². The standard InChI is InChI=1S/C10H15NO3/c1-2-14-10(13)7-5-6-8(12)3-4-11-9(6)7/h6-7,9,11H,2-5H2,1H3/t6-,7+,9+/m0/s1. The van der Waals surface area contributed by atoms with Crippen molar-refractivity contribution >= 4 is 11.8 Å². The maximum absolute atomic E-state index is 11.4. The first-order valence-corrected chi connectivity index (χ1v) is 5.16. The Labute approximate surface area is 83.0 Å². The van der Waals surface area contributed by atoms with E-state index in [1.165, 1.54) is 0 Å². The van der Waals surface area contributed by atoms with Gasteiger partial charge in [0.1, 0.15) is 5.78 Å². The fourth-order valence-corrected chi connectivity index (χ4v) is 2.31. The van der Waals surface area contributed by atoms with Gasteiger partial charge in [-0.2, -0.15) is 0 Å². The summed E-state index contributed by atoms with van der Waals surface area (Å²) in [4.78, 5) is 22.8. The number of nitrogens with one attached hydrogen (secondary N) is 1. The summed E-state index contributed by atoms with van der Waals surface area (Å²) in [6.07, 6.45) is 1.28. The van der Waals surface area contributed by atoms with Crippen molar-refractivity contribution in [3.05, 3.63) is 0 Å². The van der Waals surface area contributed by atoms with Crippen molar-refractivity contribution in [2.45, 2.75) is 25.8 Å². The number of piperidine rings is 1. The largest absolute Gasteiger partial charge is 0.466 e. The second-order valence-corrected chi connectivity index (χ2v) is 3.90. The summed E-state index contributed by atoms with van der Waals surface area (Å²) in [5.41, 5.74) is 0. The Morgan fingerprint density at radius 1 is 1.64 bits per heavy atom. The number of ketones is 1. The Balaban J connectivity index is 1.94. The quantitative estimate of drug-likeness (QED) is 0.639. The topological polar surface area (TPSA) is 55.4 Å². The third-order valence-corrected chi connectivity index (χ3v) is 3.13. The first-order chi connectivity index (χ1) is 6.74. The van der Waals surface area contributed by atoms with Gasteiger partial charge in [0.2, 0.25) is 0 Å². The van der Waals surface area contributed by atoms with Gasteiger partial charge in [0, 0.05) is 24.9 Å². The smallest absolute Gasteiger partial charge is 0.310 e. The molecule has 1 aliphatic carbocycles. The molecule has 4 heteroatoms. The molecular weight excluding hydrogens is 182 g/mol. The van der Waals surface area contributed by atoms with Crippen LogP contribution in [0.15, 0.2) is 0 Å². The van der Waals surface area contributed by atoms with E-state index in [4.69, 9.17) is 4.74 Å². The number of carbonyl (C=O) groups is 2. The van der Waals surface area contributed by atoms with Crippen molar-refractivity contribution < 1.29 is 14.3 Å². The average molecular weight is 197 g/mol. The fourth-order valence-electron chi connectivity index (χ4n) is 2.31. The first kappa shape index (κ1) is 9.65. The fraction of sp³-hybridized carbons (Fsp3) is 0.800. The van der Waals surface area contributed by atoms with Crippen molar-refractivity contribution in [1.29, 1.82) is 0 Å². The van der Waals surface area contributed by atoms with E-state index in [2.05, 4.69) is 5.32 Å². The van der Waals surface area contributed by atoms with Crippen LogP contribution >= 0.6 is 0 Å². The summed E-state index contributed by atoms with van der Waals surface area (Å²) in [7, 11) is 0. The minimum atomic E-state index is -0.157. The van der Waals surface area contributed by atoms with Crippen LogP contribution in [-0.4, -0.2) is 30.9 Å². The van der Waals surface area contributed by atoms with Crippen molar-refractivity contribution in [2.24, 2.45) is 11.8 Å². The molecular formula is C10H15NO3. The van der Waals surface area contributed by atoms with Gasteiger partial charge in [0.25, 0.3) is 0 Å². The molecule has 0 aromatic heterocycles. The number of hydrogen-bond donors (Lipinski definition) is 1. The van der Waals surface area contributed by atoms with Gasteiger partial charge in [0.05, 0.1) is 12.5 Å². The van der Waals surface area contributed by atoms with E-state index in [0.29, 0.717) is 31.8 Å². The van der Waals surface area contributed by atoms with Gasteiger partial charge >= 0.3 is 5.97 Å². The molecule has 3 atom stereocenters. The predicted molar refractivity (Wildman–Crippen MR) is 49.6 cm³/mol. The van der Waals surface area contributed by atoms with E-state index in [1.807, 2.05) is 0 Å². The van der Waals surface area contributed by atoms with Crippen LogP contribution in [0.1, 0.15) is 19.8 Å². The minimum Gasteiger partial charge on any atom is -0.466 e. The molecule has 0 aromatic rings. The van der Waals surface area contributed by atoms with Crippen LogP contribution in [0.25, 0.3) is 0 Å². The van der Waals surface area contributed by atoms with Gasteiger partial charge in [0.15, 0.2) is 0 Å². The van der Waals surface area contributed by atoms with E-state index in [0.717, 1.165) is 0 Å². The molecule has 14 heavy (non-hydrogen) atoms. The number of esters is 1. The molecule has 78 valence electrons. The normalized spacial score (nSPS) is 35.8. The highest BCUT2D eigenvalue weighted by molar-refractivity contribution is 5.87. The highest BCUT2D eigenvalue weighted by atomic mass is 16.5. The Hall–Kier alpha value is -0.900. The van der Waals surface area contributed by atoms with Gasteiger partial charge < -0.3 is 10.1 Å². The van der Waals surface area contributed by atoms with E-state index < -0.39 is 0 Å². The average Bonchev–Trinajstić information content (AvgIpc) is 2.09. The van der Waals surface area contributed by atoms with Gasteiger partial charge in [-0.1, -0.05) is 0 Å². The molecule has 2 fully saturated rings. The number of hydrogen-bond acceptors (Lipinski definition) is 4. The zero-order chi connectivity index (χ0) is 10.1. The van der Waals surface area contributed by atoms with Crippen LogP contribution in [0, 0.1) is 11.8 Å². The lowest BCUT2D eigenvalue weighted by atomic mass is 9.65. The molecule has 0 spiro atoms. The molecule has 1 aliphatic heterocycles. The monoisotopic (exact) mass is 197 g/mol. The Kier molecular flexibility index (Phi) is 2.54. The zero-order valence-electron chi connectivity index (χ0n) is 8.29. The molecule has 0 amide bonds. The summed E-state index contributed by atoms with van der Waals surface area (Å²) >= 11 is 0. The number of ether oxygens (including phenoxy) is 1. The number of Topliss-reactive ketones (excluding diaryl/α,β-unsaturated/α-hetero) is 1. The van der Waals surface area contributed by atoms with Gasteiger partial charge in [-0.05, 0) is 13.3 Å². The minimum absolute atomic E-state index is 0.0512. The van der Waals surface area contributed by atoms with Crippen LogP contribution in [0.3, 0.4) is 0 Å². The van der Waals surface area contributed by atoms with Crippen molar-refractivity contribution in [3.63, 3.8) is 0 Å². The van der Waals surface area contributed by atoms with E-state index in [1.54, 1.807) is 6.92 Å². The highest BCUT2D eigenvalue weighted by Crippen LogP contribution is 2.38. The van der Waals surface area contributed by atoms with Gasteiger partial charge in [-0.25, -0.2) is 0 Å².